The van der Waals surface area contributed by atoms with Crippen molar-refractivity contribution >= 4 is 69.2 Å². The molecule has 33 heavy (non-hydrogen) atoms. The summed E-state index contributed by atoms with van der Waals surface area (Å²) in [5, 5.41) is 0.236. The normalized spacial score (nSPS) is 14.6. The number of anilines is 2. The maximum atomic E-state index is 13.1. The summed E-state index contributed by atoms with van der Waals surface area (Å²) in [6, 6.07) is 10.9. The number of ether oxygens (including phenoxy) is 3. The van der Waals surface area contributed by atoms with Gasteiger partial charge in [-0.25, -0.2) is 4.79 Å². The van der Waals surface area contributed by atoms with Gasteiger partial charge in [-0.1, -0.05) is 35.6 Å². The van der Waals surface area contributed by atoms with Gasteiger partial charge in [0.25, 0.3) is 5.91 Å². The fraction of sp³-hybridized carbons (Fsp3) is 0.261. The van der Waals surface area contributed by atoms with Gasteiger partial charge in [-0.2, -0.15) is 0 Å². The Labute approximate surface area is 207 Å². The van der Waals surface area contributed by atoms with Crippen LogP contribution in [-0.4, -0.2) is 50.6 Å². The summed E-state index contributed by atoms with van der Waals surface area (Å²) in [4.78, 5) is 28.6. The molecule has 7 nitrogen and oxygen atoms in total. The van der Waals surface area contributed by atoms with Gasteiger partial charge in [-0.05, 0) is 55.0 Å². The third-order valence-electron chi connectivity index (χ3n) is 4.61. The van der Waals surface area contributed by atoms with Crippen molar-refractivity contribution in [2.45, 2.75) is 6.92 Å². The van der Waals surface area contributed by atoms with Gasteiger partial charge in [0.15, 0.2) is 22.4 Å². The van der Waals surface area contributed by atoms with Crippen molar-refractivity contribution in [1.29, 1.82) is 0 Å². The lowest BCUT2D eigenvalue weighted by Crippen LogP contribution is -2.27. The summed E-state index contributed by atoms with van der Waals surface area (Å²) in [5.41, 5.74) is 2.35. The highest BCUT2D eigenvalue weighted by atomic mass is 35.5. The molecular formula is C23H23ClN2O5S2. The standard InChI is InChI=1S/C23H23ClN2O5S2/c1-5-30-20(27)13-31-21-17(24)10-14(11-18(21)29-4)12-19-22(28)26(23(32)33-19)16-8-6-15(7-9-16)25(2)3/h6-12H,5,13H2,1-4H3/b19-12-. The van der Waals surface area contributed by atoms with Crippen molar-refractivity contribution in [2.24, 2.45) is 0 Å². The monoisotopic (exact) mass is 506 g/mol. The molecule has 1 fully saturated rings. The Morgan fingerprint density at radius 1 is 1.24 bits per heavy atom. The first-order valence-corrected chi connectivity index (χ1v) is 11.6. The van der Waals surface area contributed by atoms with Gasteiger partial charge in [0.05, 0.1) is 29.3 Å². The molecule has 1 amide bonds. The van der Waals surface area contributed by atoms with E-state index in [1.54, 1.807) is 25.1 Å². The molecule has 1 saturated heterocycles. The van der Waals surface area contributed by atoms with E-state index in [-0.39, 0.29) is 29.9 Å². The van der Waals surface area contributed by atoms with Crippen LogP contribution < -0.4 is 19.3 Å². The number of hydrogen-bond acceptors (Lipinski definition) is 8. The zero-order chi connectivity index (χ0) is 24.1. The number of carbonyl (C=O) groups is 2. The van der Waals surface area contributed by atoms with Crippen LogP contribution in [0.1, 0.15) is 12.5 Å². The maximum Gasteiger partial charge on any atom is 0.344 e. The highest BCUT2D eigenvalue weighted by molar-refractivity contribution is 8.27. The lowest BCUT2D eigenvalue weighted by atomic mass is 10.1. The van der Waals surface area contributed by atoms with Gasteiger partial charge in [-0.3, -0.25) is 9.69 Å². The second-order valence-electron chi connectivity index (χ2n) is 7.06. The van der Waals surface area contributed by atoms with E-state index in [1.165, 1.54) is 23.8 Å². The second-order valence-corrected chi connectivity index (χ2v) is 9.14. The molecule has 10 heteroatoms. The quantitative estimate of drug-likeness (QED) is 0.288. The molecule has 0 radical (unpaired) electrons. The molecule has 0 unspecified atom stereocenters. The summed E-state index contributed by atoms with van der Waals surface area (Å²) in [6.07, 6.45) is 1.69. The highest BCUT2D eigenvalue weighted by Gasteiger charge is 2.33. The van der Waals surface area contributed by atoms with Crippen LogP contribution in [0.25, 0.3) is 6.08 Å². The molecule has 2 aromatic carbocycles. The first-order chi connectivity index (χ1) is 15.7. The zero-order valence-corrected chi connectivity index (χ0v) is 21.0. The van der Waals surface area contributed by atoms with Crippen LogP contribution in [0.4, 0.5) is 11.4 Å². The SMILES string of the molecule is CCOC(=O)COc1c(Cl)cc(/C=C2\SC(=S)N(c3ccc(N(C)C)cc3)C2=O)cc1OC. The molecule has 0 saturated carbocycles. The number of thiocarbonyl (C=S) groups is 1. The van der Waals surface area contributed by atoms with E-state index in [1.807, 2.05) is 43.3 Å². The lowest BCUT2D eigenvalue weighted by Gasteiger charge is -2.17. The minimum Gasteiger partial charge on any atom is -0.493 e. The molecule has 2 aromatic rings. The summed E-state index contributed by atoms with van der Waals surface area (Å²) in [5.74, 6) is -0.187. The third-order valence-corrected chi connectivity index (χ3v) is 6.19. The van der Waals surface area contributed by atoms with E-state index in [2.05, 4.69) is 0 Å². The van der Waals surface area contributed by atoms with Crippen LogP contribution >= 0.6 is 35.6 Å². The predicted octanol–water partition coefficient (Wildman–Crippen LogP) is 4.76. The molecule has 0 atom stereocenters. The number of halogens is 1. The zero-order valence-electron chi connectivity index (χ0n) is 18.6. The number of rotatable bonds is 8. The molecule has 0 spiro atoms. The summed E-state index contributed by atoms with van der Waals surface area (Å²) in [7, 11) is 5.36. The first-order valence-electron chi connectivity index (χ1n) is 9.96. The van der Waals surface area contributed by atoms with E-state index in [4.69, 9.17) is 38.0 Å². The van der Waals surface area contributed by atoms with E-state index in [0.717, 1.165) is 5.69 Å². The number of nitrogens with zero attached hydrogens (tertiary/aromatic N) is 2. The van der Waals surface area contributed by atoms with Gasteiger partial charge in [-0.15, -0.1) is 0 Å². The average molecular weight is 507 g/mol. The van der Waals surface area contributed by atoms with Gasteiger partial charge in [0.2, 0.25) is 0 Å². The van der Waals surface area contributed by atoms with Crippen molar-refractivity contribution in [3.8, 4) is 11.5 Å². The first kappa shape index (κ1) is 24.9. The number of methoxy groups -OCH3 is 1. The summed E-state index contributed by atoms with van der Waals surface area (Å²) < 4.78 is 16.2. The molecule has 174 valence electrons. The van der Waals surface area contributed by atoms with Crippen molar-refractivity contribution in [1.82, 2.24) is 0 Å². The number of esters is 1. The van der Waals surface area contributed by atoms with Crippen molar-refractivity contribution < 1.29 is 23.8 Å². The topological polar surface area (TPSA) is 68.3 Å². The van der Waals surface area contributed by atoms with Gasteiger partial charge in [0.1, 0.15) is 0 Å². The Balaban J connectivity index is 1.84. The molecular weight excluding hydrogens is 484 g/mol. The van der Waals surface area contributed by atoms with E-state index in [0.29, 0.717) is 26.2 Å². The molecule has 1 aliphatic heterocycles. The molecule has 0 aliphatic carbocycles. The number of carbonyl (C=O) groups excluding carboxylic acids is 2. The predicted molar refractivity (Wildman–Crippen MR) is 137 cm³/mol. The van der Waals surface area contributed by atoms with Crippen molar-refractivity contribution in [3.63, 3.8) is 0 Å². The van der Waals surface area contributed by atoms with Gasteiger partial charge >= 0.3 is 5.97 Å². The van der Waals surface area contributed by atoms with Crippen LogP contribution in [0.5, 0.6) is 11.5 Å². The average Bonchev–Trinajstić information content (AvgIpc) is 3.05. The largest absolute Gasteiger partial charge is 0.493 e. The number of thioether (sulfide) groups is 1. The number of hydrogen-bond donors (Lipinski definition) is 0. The molecule has 0 aromatic heterocycles. The van der Waals surface area contributed by atoms with Crippen molar-refractivity contribution in [2.75, 3.05) is 44.2 Å². The van der Waals surface area contributed by atoms with E-state index >= 15 is 0 Å². The highest BCUT2D eigenvalue weighted by Crippen LogP contribution is 2.40. The number of benzene rings is 2. The van der Waals surface area contributed by atoms with E-state index < -0.39 is 5.97 Å². The summed E-state index contributed by atoms with van der Waals surface area (Å²) in [6.45, 7) is 1.67. The molecule has 0 N–H and O–H groups in total. The van der Waals surface area contributed by atoms with Gasteiger partial charge in [0, 0.05) is 19.8 Å². The van der Waals surface area contributed by atoms with Crippen LogP contribution in [-0.2, 0) is 14.3 Å². The van der Waals surface area contributed by atoms with Gasteiger partial charge < -0.3 is 19.1 Å². The Kier molecular flexibility index (Phi) is 8.23. The Morgan fingerprint density at radius 3 is 2.55 bits per heavy atom. The number of amides is 1. The molecule has 1 aliphatic rings. The maximum absolute atomic E-state index is 13.1. The third kappa shape index (κ3) is 5.79. The van der Waals surface area contributed by atoms with Crippen molar-refractivity contribution in [3.05, 3.63) is 51.9 Å². The minimum absolute atomic E-state index is 0.220. The molecule has 3 rings (SSSR count). The minimum atomic E-state index is -0.512. The fourth-order valence-corrected chi connectivity index (χ4v) is 4.61. The fourth-order valence-electron chi connectivity index (χ4n) is 3.04. The Morgan fingerprint density at radius 2 is 1.94 bits per heavy atom. The second kappa shape index (κ2) is 10.9. The molecule has 0 bridgehead atoms. The van der Waals surface area contributed by atoms with Crippen LogP contribution in [0.2, 0.25) is 5.02 Å². The van der Waals surface area contributed by atoms with Crippen LogP contribution in [0.3, 0.4) is 0 Å². The Bertz CT molecular complexity index is 1100. The van der Waals surface area contributed by atoms with Crippen LogP contribution in [0, 0.1) is 0 Å². The van der Waals surface area contributed by atoms with E-state index in [9.17, 15) is 9.59 Å². The smallest absolute Gasteiger partial charge is 0.344 e. The lowest BCUT2D eigenvalue weighted by molar-refractivity contribution is -0.145. The molecule has 1 heterocycles. The summed E-state index contributed by atoms with van der Waals surface area (Å²) >= 11 is 13.0. The Hall–Kier alpha value is -2.75. The van der Waals surface area contributed by atoms with Crippen LogP contribution in [0.15, 0.2) is 41.3 Å².